The number of nitro groups is 1. The van der Waals surface area contributed by atoms with E-state index in [-0.39, 0.29) is 47.5 Å². The van der Waals surface area contributed by atoms with Crippen LogP contribution in [0.1, 0.15) is 38.5 Å². The van der Waals surface area contributed by atoms with Crippen molar-refractivity contribution in [1.82, 2.24) is 0 Å². The largest absolute Gasteiger partial charge is 0.396 e. The van der Waals surface area contributed by atoms with Gasteiger partial charge in [0.25, 0.3) is 5.69 Å². The second-order valence-electron chi connectivity index (χ2n) is 8.08. The molecule has 1 aromatic carbocycles. The first kappa shape index (κ1) is 18.9. The Morgan fingerprint density at radius 2 is 1.75 bits per heavy atom. The highest BCUT2D eigenvalue weighted by Gasteiger charge is 2.49. The number of piperidine rings is 1. The van der Waals surface area contributed by atoms with E-state index >= 15 is 0 Å². The van der Waals surface area contributed by atoms with Crippen molar-refractivity contribution in [2.24, 2.45) is 17.8 Å². The predicted molar refractivity (Wildman–Crippen MR) is 103 cm³/mol. The van der Waals surface area contributed by atoms with Crippen LogP contribution in [0.5, 0.6) is 0 Å². The molecule has 0 aromatic heterocycles. The zero-order valence-corrected chi connectivity index (χ0v) is 15.7. The molecule has 8 nitrogen and oxygen atoms in total. The van der Waals surface area contributed by atoms with E-state index in [9.17, 15) is 24.8 Å². The molecule has 0 unspecified atom stereocenters. The van der Waals surface area contributed by atoms with Gasteiger partial charge in [-0.3, -0.25) is 19.7 Å². The Balaban J connectivity index is 1.66. The van der Waals surface area contributed by atoms with Gasteiger partial charge < -0.3 is 10.0 Å². The number of nitrogens with zero attached hydrogens (tertiary/aromatic N) is 3. The van der Waals surface area contributed by atoms with Gasteiger partial charge in [0, 0.05) is 25.8 Å². The van der Waals surface area contributed by atoms with E-state index < -0.39 is 4.92 Å². The second-order valence-corrected chi connectivity index (χ2v) is 8.08. The van der Waals surface area contributed by atoms with E-state index in [2.05, 4.69) is 0 Å². The van der Waals surface area contributed by atoms with Crippen molar-refractivity contribution in [2.75, 3.05) is 29.5 Å². The number of fused-ring (bicyclic) bond motifs is 1. The number of nitro benzene ring substituents is 1. The van der Waals surface area contributed by atoms with Crippen LogP contribution in [0, 0.1) is 27.9 Å². The lowest BCUT2D eigenvalue weighted by atomic mass is 9.81. The molecule has 3 fully saturated rings. The molecule has 0 radical (unpaired) electrons. The Bertz CT molecular complexity index is 787. The molecule has 150 valence electrons. The van der Waals surface area contributed by atoms with Crippen LogP contribution in [0.4, 0.5) is 17.1 Å². The maximum absolute atomic E-state index is 12.8. The summed E-state index contributed by atoms with van der Waals surface area (Å²) in [5, 5.41) is 21.2. The van der Waals surface area contributed by atoms with Crippen molar-refractivity contribution >= 4 is 28.9 Å². The molecule has 2 amide bonds. The van der Waals surface area contributed by atoms with Crippen LogP contribution in [0.15, 0.2) is 18.2 Å². The summed E-state index contributed by atoms with van der Waals surface area (Å²) in [7, 11) is 0. The van der Waals surface area contributed by atoms with Crippen molar-refractivity contribution in [3.8, 4) is 0 Å². The molecule has 0 spiro atoms. The Labute approximate surface area is 163 Å². The van der Waals surface area contributed by atoms with Gasteiger partial charge in [0.2, 0.25) is 11.8 Å². The Morgan fingerprint density at radius 1 is 1.07 bits per heavy atom. The highest BCUT2D eigenvalue weighted by atomic mass is 16.6. The zero-order chi connectivity index (χ0) is 19.8. The zero-order valence-electron chi connectivity index (χ0n) is 15.7. The van der Waals surface area contributed by atoms with Crippen molar-refractivity contribution in [3.63, 3.8) is 0 Å². The molecular formula is C20H25N3O5. The number of hydrogen-bond acceptors (Lipinski definition) is 6. The van der Waals surface area contributed by atoms with Gasteiger partial charge in [-0.05, 0) is 43.7 Å². The van der Waals surface area contributed by atoms with Gasteiger partial charge in [0.15, 0.2) is 0 Å². The maximum Gasteiger partial charge on any atom is 0.294 e. The van der Waals surface area contributed by atoms with Gasteiger partial charge in [-0.2, -0.15) is 0 Å². The second kappa shape index (κ2) is 7.50. The fourth-order valence-corrected chi connectivity index (χ4v) is 4.91. The molecule has 1 N–H and O–H groups in total. The van der Waals surface area contributed by atoms with Crippen molar-refractivity contribution < 1.29 is 19.6 Å². The highest BCUT2D eigenvalue weighted by Crippen LogP contribution is 2.42. The minimum Gasteiger partial charge on any atom is -0.396 e. The predicted octanol–water partition coefficient (Wildman–Crippen LogP) is 2.48. The van der Waals surface area contributed by atoms with E-state index in [1.807, 2.05) is 4.90 Å². The van der Waals surface area contributed by atoms with Gasteiger partial charge in [-0.25, -0.2) is 4.90 Å². The third kappa shape index (κ3) is 3.15. The molecule has 3 atom stereocenters. The van der Waals surface area contributed by atoms with Gasteiger partial charge in [0.1, 0.15) is 5.69 Å². The first-order valence-corrected chi connectivity index (χ1v) is 10.0. The molecule has 1 aliphatic carbocycles. The fraction of sp³-hybridized carbons (Fsp3) is 0.600. The Morgan fingerprint density at radius 3 is 2.36 bits per heavy atom. The first-order chi connectivity index (χ1) is 13.5. The normalized spacial score (nSPS) is 27.8. The summed E-state index contributed by atoms with van der Waals surface area (Å²) < 4.78 is 0. The third-order valence-corrected chi connectivity index (χ3v) is 6.37. The number of aliphatic hydroxyl groups is 1. The Kier molecular flexibility index (Phi) is 5.05. The van der Waals surface area contributed by atoms with Crippen LogP contribution >= 0.6 is 0 Å². The minimum absolute atomic E-state index is 0.0575. The molecule has 2 aliphatic heterocycles. The van der Waals surface area contributed by atoms with Crippen LogP contribution in [0.25, 0.3) is 0 Å². The minimum atomic E-state index is -0.459. The summed E-state index contributed by atoms with van der Waals surface area (Å²) in [5.74, 6) is -0.928. The van der Waals surface area contributed by atoms with E-state index in [1.165, 1.54) is 6.07 Å². The number of aliphatic hydroxyl groups excluding tert-OH is 1. The smallest absolute Gasteiger partial charge is 0.294 e. The van der Waals surface area contributed by atoms with E-state index in [0.29, 0.717) is 31.6 Å². The van der Waals surface area contributed by atoms with Gasteiger partial charge in [-0.15, -0.1) is 0 Å². The summed E-state index contributed by atoms with van der Waals surface area (Å²) in [6, 6.07) is 4.62. The van der Waals surface area contributed by atoms with Gasteiger partial charge in [-0.1, -0.05) is 12.8 Å². The summed E-state index contributed by atoms with van der Waals surface area (Å²) in [5.41, 5.74) is 0.658. The van der Waals surface area contributed by atoms with E-state index in [1.54, 1.807) is 12.1 Å². The van der Waals surface area contributed by atoms with Gasteiger partial charge >= 0.3 is 0 Å². The van der Waals surface area contributed by atoms with Crippen LogP contribution < -0.4 is 9.80 Å². The number of imide groups is 1. The first-order valence-electron chi connectivity index (χ1n) is 10.0. The van der Waals surface area contributed by atoms with Crippen molar-refractivity contribution in [1.29, 1.82) is 0 Å². The fourth-order valence-electron chi connectivity index (χ4n) is 4.91. The van der Waals surface area contributed by atoms with Crippen LogP contribution in [0.2, 0.25) is 0 Å². The number of rotatable bonds is 4. The van der Waals surface area contributed by atoms with Crippen LogP contribution in [-0.2, 0) is 9.59 Å². The standard InChI is InChI=1S/C20H25N3O5/c24-12-13-4-3-9-21(11-13)17-8-7-14(10-18(17)23(27)28)22-19(25)15-5-1-2-6-16(15)20(22)26/h7-8,10,13,15-16,24H,1-6,9,11-12H2/t13-,15-,16-/m1/s1. The van der Waals surface area contributed by atoms with Crippen LogP contribution in [0.3, 0.4) is 0 Å². The lowest BCUT2D eigenvalue weighted by Crippen LogP contribution is -2.37. The average Bonchev–Trinajstić information content (AvgIpc) is 2.98. The molecule has 1 aromatic rings. The number of benzene rings is 1. The molecule has 1 saturated carbocycles. The lowest BCUT2D eigenvalue weighted by molar-refractivity contribution is -0.384. The number of hydrogen-bond donors (Lipinski definition) is 1. The average molecular weight is 387 g/mol. The number of carbonyl (C=O) groups excluding carboxylic acids is 2. The monoisotopic (exact) mass is 387 g/mol. The number of amides is 2. The summed E-state index contributed by atoms with van der Waals surface area (Å²) in [6.07, 6.45) is 5.06. The molecule has 8 heteroatoms. The number of anilines is 2. The SMILES string of the molecule is O=C1[C@@H]2CCCC[C@H]2C(=O)N1c1ccc(N2CCC[C@@H](CO)C2)c([N+](=O)[O-])c1. The quantitative estimate of drug-likeness (QED) is 0.484. The molecule has 3 aliphatic rings. The van der Waals surface area contributed by atoms with Crippen LogP contribution in [-0.4, -0.2) is 41.5 Å². The van der Waals surface area contributed by atoms with Crippen molar-refractivity contribution in [3.05, 3.63) is 28.3 Å². The van der Waals surface area contributed by atoms with E-state index in [4.69, 9.17) is 0 Å². The summed E-state index contributed by atoms with van der Waals surface area (Å²) in [6.45, 7) is 1.30. The third-order valence-electron chi connectivity index (χ3n) is 6.37. The lowest BCUT2D eigenvalue weighted by Gasteiger charge is -2.33. The molecular weight excluding hydrogens is 362 g/mol. The number of carbonyl (C=O) groups is 2. The van der Waals surface area contributed by atoms with Gasteiger partial charge in [0.05, 0.1) is 22.4 Å². The Hall–Kier alpha value is -2.48. The molecule has 2 saturated heterocycles. The molecule has 2 heterocycles. The van der Waals surface area contributed by atoms with Crippen molar-refractivity contribution in [2.45, 2.75) is 38.5 Å². The molecule has 4 rings (SSSR count). The summed E-state index contributed by atoms with van der Waals surface area (Å²) >= 11 is 0. The highest BCUT2D eigenvalue weighted by molar-refractivity contribution is 6.22. The molecule has 0 bridgehead atoms. The maximum atomic E-state index is 12.8. The summed E-state index contributed by atoms with van der Waals surface area (Å²) in [4.78, 5) is 39.9. The molecule has 28 heavy (non-hydrogen) atoms. The van der Waals surface area contributed by atoms with E-state index in [0.717, 1.165) is 30.6 Å². The topological polar surface area (TPSA) is 104 Å².